The quantitative estimate of drug-likeness (QED) is 0.403. The highest BCUT2D eigenvalue weighted by atomic mass is 16.2. The van der Waals surface area contributed by atoms with Gasteiger partial charge in [-0.15, -0.1) is 0 Å². The molecular formula is C4H7N2O. The van der Waals surface area contributed by atoms with Crippen LogP contribution in [0.3, 0.4) is 0 Å². The number of carbonyl (C=O) groups excluding carboxylic acids is 1. The van der Waals surface area contributed by atoms with Gasteiger partial charge in [-0.3, -0.25) is 4.79 Å². The first kappa shape index (κ1) is 4.59. The zero-order valence-corrected chi connectivity index (χ0v) is 3.90. The van der Waals surface area contributed by atoms with Crippen LogP contribution >= 0.6 is 0 Å². The van der Waals surface area contributed by atoms with E-state index in [1.807, 2.05) is 0 Å². The second-order valence-corrected chi connectivity index (χ2v) is 1.39. The minimum absolute atomic E-state index is 0.0220. The van der Waals surface area contributed by atoms with Crippen LogP contribution in [0.5, 0.6) is 0 Å². The van der Waals surface area contributed by atoms with Gasteiger partial charge in [-0.05, 0) is 0 Å². The van der Waals surface area contributed by atoms with Crippen molar-refractivity contribution in [3.05, 3.63) is 6.54 Å². The summed E-state index contributed by atoms with van der Waals surface area (Å²) < 4.78 is 0. The molecule has 1 aliphatic heterocycles. The number of amides is 1. The van der Waals surface area contributed by atoms with Gasteiger partial charge in [0, 0.05) is 13.1 Å². The molecule has 0 bridgehead atoms. The number of nitrogens with one attached hydrogen (secondary N) is 2. The minimum Gasteiger partial charge on any atom is -0.353 e. The second kappa shape index (κ2) is 1.93. The van der Waals surface area contributed by atoms with Crippen LogP contribution in [0.4, 0.5) is 0 Å². The fraction of sp³-hybridized carbons (Fsp3) is 0.500. The molecule has 0 saturated carbocycles. The molecule has 0 spiro atoms. The van der Waals surface area contributed by atoms with E-state index < -0.39 is 0 Å². The van der Waals surface area contributed by atoms with Crippen LogP contribution in [0.25, 0.3) is 0 Å². The molecule has 0 aromatic heterocycles. The van der Waals surface area contributed by atoms with Crippen LogP contribution in [0.1, 0.15) is 0 Å². The largest absolute Gasteiger partial charge is 0.353 e. The Morgan fingerprint density at radius 3 is 2.71 bits per heavy atom. The SMILES string of the molecule is O=C1[CH]NCCN1. The molecular weight excluding hydrogens is 92.1 g/mol. The Balaban J connectivity index is 2.25. The number of rotatable bonds is 0. The van der Waals surface area contributed by atoms with E-state index in [9.17, 15) is 4.79 Å². The van der Waals surface area contributed by atoms with E-state index >= 15 is 0 Å². The average Bonchev–Trinajstić information content (AvgIpc) is 1.69. The van der Waals surface area contributed by atoms with Crippen molar-refractivity contribution >= 4 is 5.91 Å². The van der Waals surface area contributed by atoms with Crippen LogP contribution < -0.4 is 10.6 Å². The van der Waals surface area contributed by atoms with Crippen molar-refractivity contribution in [2.24, 2.45) is 0 Å². The van der Waals surface area contributed by atoms with Crippen molar-refractivity contribution in [2.45, 2.75) is 0 Å². The first-order valence-corrected chi connectivity index (χ1v) is 2.24. The van der Waals surface area contributed by atoms with Crippen molar-refractivity contribution < 1.29 is 4.79 Å². The summed E-state index contributed by atoms with van der Waals surface area (Å²) in [5, 5.41) is 5.42. The third kappa shape index (κ3) is 1.16. The maximum Gasteiger partial charge on any atom is 0.239 e. The topological polar surface area (TPSA) is 41.1 Å². The van der Waals surface area contributed by atoms with Crippen molar-refractivity contribution in [3.63, 3.8) is 0 Å². The van der Waals surface area contributed by atoms with Gasteiger partial charge in [0.2, 0.25) is 5.91 Å². The summed E-state index contributed by atoms with van der Waals surface area (Å²) >= 11 is 0. The third-order valence-electron chi connectivity index (χ3n) is 0.802. The van der Waals surface area contributed by atoms with E-state index in [0.717, 1.165) is 13.1 Å². The summed E-state index contributed by atoms with van der Waals surface area (Å²) in [6.07, 6.45) is 0. The second-order valence-electron chi connectivity index (χ2n) is 1.39. The smallest absolute Gasteiger partial charge is 0.239 e. The van der Waals surface area contributed by atoms with Crippen molar-refractivity contribution in [2.75, 3.05) is 13.1 Å². The zero-order valence-electron chi connectivity index (χ0n) is 3.90. The number of piperazine rings is 1. The minimum atomic E-state index is -0.0220. The lowest BCUT2D eigenvalue weighted by atomic mass is 10.4. The lowest BCUT2D eigenvalue weighted by Crippen LogP contribution is -2.40. The van der Waals surface area contributed by atoms with Gasteiger partial charge in [-0.2, -0.15) is 0 Å². The molecule has 0 aliphatic carbocycles. The molecule has 0 atom stereocenters. The molecule has 1 heterocycles. The van der Waals surface area contributed by atoms with E-state index in [4.69, 9.17) is 0 Å². The Labute approximate surface area is 42.1 Å². The standard InChI is InChI=1S/C4H7N2O/c7-4-3-5-1-2-6-4/h3,5H,1-2H2,(H,6,7). The van der Waals surface area contributed by atoms with Gasteiger partial charge in [-0.1, -0.05) is 0 Å². The highest BCUT2D eigenvalue weighted by Gasteiger charge is 2.03. The molecule has 0 aromatic carbocycles. The monoisotopic (exact) mass is 99.1 g/mol. The molecule has 1 radical (unpaired) electrons. The van der Waals surface area contributed by atoms with Crippen LogP contribution in [0, 0.1) is 6.54 Å². The van der Waals surface area contributed by atoms with Crippen LogP contribution in [-0.4, -0.2) is 19.0 Å². The number of hydrogen-bond acceptors (Lipinski definition) is 2. The zero-order chi connectivity index (χ0) is 5.11. The Hall–Kier alpha value is -0.570. The van der Waals surface area contributed by atoms with Crippen molar-refractivity contribution in [3.8, 4) is 0 Å². The molecule has 1 fully saturated rings. The van der Waals surface area contributed by atoms with Gasteiger partial charge in [0.15, 0.2) is 0 Å². The number of hydrogen-bond donors (Lipinski definition) is 2. The van der Waals surface area contributed by atoms with E-state index in [1.165, 1.54) is 6.54 Å². The summed E-state index contributed by atoms with van der Waals surface area (Å²) in [5.41, 5.74) is 0. The van der Waals surface area contributed by atoms with Crippen molar-refractivity contribution in [1.29, 1.82) is 0 Å². The van der Waals surface area contributed by atoms with Gasteiger partial charge in [0.25, 0.3) is 0 Å². The maximum atomic E-state index is 10.2. The predicted molar refractivity (Wildman–Crippen MR) is 25.3 cm³/mol. The summed E-state index contributed by atoms with van der Waals surface area (Å²) in [4.78, 5) is 10.2. The van der Waals surface area contributed by atoms with Crippen molar-refractivity contribution in [1.82, 2.24) is 10.6 Å². The van der Waals surface area contributed by atoms with Gasteiger partial charge < -0.3 is 10.6 Å². The normalized spacial score (nSPS) is 21.4. The lowest BCUT2D eigenvalue weighted by molar-refractivity contribution is -0.118. The molecule has 3 nitrogen and oxygen atoms in total. The third-order valence-corrected chi connectivity index (χ3v) is 0.802. The van der Waals surface area contributed by atoms with Crippen LogP contribution in [0.15, 0.2) is 0 Å². The van der Waals surface area contributed by atoms with E-state index in [2.05, 4.69) is 10.6 Å². The summed E-state index contributed by atoms with van der Waals surface area (Å²) in [6.45, 7) is 3.03. The lowest BCUT2D eigenvalue weighted by Gasteiger charge is -2.10. The molecule has 1 saturated heterocycles. The predicted octanol–water partition coefficient (Wildman–Crippen LogP) is -1.13. The summed E-state index contributed by atoms with van der Waals surface area (Å²) in [5.74, 6) is -0.0220. The molecule has 0 aromatic rings. The molecule has 7 heavy (non-hydrogen) atoms. The molecule has 1 amide bonds. The maximum absolute atomic E-state index is 10.2. The average molecular weight is 99.1 g/mol. The fourth-order valence-electron chi connectivity index (χ4n) is 0.474. The Morgan fingerprint density at radius 1 is 1.57 bits per heavy atom. The highest BCUT2D eigenvalue weighted by Crippen LogP contribution is 1.75. The first-order valence-electron chi connectivity index (χ1n) is 2.24. The van der Waals surface area contributed by atoms with Gasteiger partial charge in [0.05, 0.1) is 0 Å². The number of carbonyl (C=O) groups is 1. The molecule has 39 valence electrons. The molecule has 1 rings (SSSR count). The Morgan fingerprint density at radius 2 is 2.43 bits per heavy atom. The first-order chi connectivity index (χ1) is 3.39. The van der Waals surface area contributed by atoms with E-state index in [0.29, 0.717) is 0 Å². The van der Waals surface area contributed by atoms with Crippen LogP contribution in [-0.2, 0) is 4.79 Å². The molecule has 3 heteroatoms. The van der Waals surface area contributed by atoms with Gasteiger partial charge in [0.1, 0.15) is 6.54 Å². The molecule has 0 unspecified atom stereocenters. The Kier molecular flexibility index (Phi) is 1.26. The van der Waals surface area contributed by atoms with E-state index in [-0.39, 0.29) is 5.91 Å². The Bertz CT molecular complexity index is 73.8. The fourth-order valence-corrected chi connectivity index (χ4v) is 0.474. The van der Waals surface area contributed by atoms with Gasteiger partial charge >= 0.3 is 0 Å². The highest BCUT2D eigenvalue weighted by molar-refractivity contribution is 5.84. The molecule has 2 N–H and O–H groups in total. The van der Waals surface area contributed by atoms with E-state index in [1.54, 1.807) is 0 Å². The summed E-state index contributed by atoms with van der Waals surface area (Å²) in [6, 6.07) is 0. The van der Waals surface area contributed by atoms with Crippen LogP contribution in [0.2, 0.25) is 0 Å². The van der Waals surface area contributed by atoms with Gasteiger partial charge in [-0.25, -0.2) is 0 Å². The molecule has 1 aliphatic rings. The summed E-state index contributed by atoms with van der Waals surface area (Å²) in [7, 11) is 0.